The van der Waals surface area contributed by atoms with E-state index in [1.807, 2.05) is 12.3 Å². The van der Waals surface area contributed by atoms with Gasteiger partial charge in [0.2, 0.25) is 0 Å². The molecule has 1 saturated heterocycles. The highest BCUT2D eigenvalue weighted by atomic mass is 15.2. The van der Waals surface area contributed by atoms with Crippen molar-refractivity contribution in [2.45, 2.75) is 39.3 Å². The minimum Gasteiger partial charge on any atom is -0.326 e. The summed E-state index contributed by atoms with van der Waals surface area (Å²) in [6, 6.07) is 6.56. The molecular weight excluding hydrogens is 222 g/mol. The SMILES string of the molecule is CCC(N)C(c1ccccn1)N1CC(C)C(C)C1. The van der Waals surface area contributed by atoms with Gasteiger partial charge in [0.15, 0.2) is 0 Å². The molecule has 4 atom stereocenters. The highest BCUT2D eigenvalue weighted by molar-refractivity contribution is 5.12. The van der Waals surface area contributed by atoms with E-state index in [9.17, 15) is 0 Å². The fourth-order valence-corrected chi connectivity index (χ4v) is 2.85. The fraction of sp³-hybridized carbons (Fsp3) is 0.667. The average molecular weight is 247 g/mol. The van der Waals surface area contributed by atoms with Crippen LogP contribution in [-0.4, -0.2) is 29.0 Å². The zero-order chi connectivity index (χ0) is 13.1. The van der Waals surface area contributed by atoms with Crippen molar-refractivity contribution < 1.29 is 0 Å². The number of hydrogen-bond donors (Lipinski definition) is 1. The third-order valence-corrected chi connectivity index (χ3v) is 4.28. The highest BCUT2D eigenvalue weighted by Gasteiger charge is 2.34. The number of pyridine rings is 1. The maximum absolute atomic E-state index is 6.34. The van der Waals surface area contributed by atoms with Crippen LogP contribution in [0, 0.1) is 11.8 Å². The summed E-state index contributed by atoms with van der Waals surface area (Å²) in [5, 5.41) is 0. The monoisotopic (exact) mass is 247 g/mol. The lowest BCUT2D eigenvalue weighted by molar-refractivity contribution is 0.196. The molecule has 0 amide bonds. The van der Waals surface area contributed by atoms with E-state index in [4.69, 9.17) is 5.73 Å². The van der Waals surface area contributed by atoms with E-state index in [0.29, 0.717) is 0 Å². The normalized spacial score (nSPS) is 28.2. The van der Waals surface area contributed by atoms with Crippen molar-refractivity contribution in [3.8, 4) is 0 Å². The molecule has 0 bridgehead atoms. The lowest BCUT2D eigenvalue weighted by Crippen LogP contribution is -2.40. The molecular formula is C15H25N3. The Morgan fingerprint density at radius 2 is 2.00 bits per heavy atom. The van der Waals surface area contributed by atoms with Gasteiger partial charge in [0.25, 0.3) is 0 Å². The van der Waals surface area contributed by atoms with Crippen molar-refractivity contribution in [3.63, 3.8) is 0 Å². The minimum absolute atomic E-state index is 0.164. The second-order valence-electron chi connectivity index (χ2n) is 5.68. The molecule has 3 heteroatoms. The van der Waals surface area contributed by atoms with Crippen LogP contribution in [0.15, 0.2) is 24.4 Å². The molecule has 100 valence electrons. The van der Waals surface area contributed by atoms with E-state index in [1.54, 1.807) is 0 Å². The molecule has 3 nitrogen and oxygen atoms in total. The molecule has 2 rings (SSSR count). The molecule has 18 heavy (non-hydrogen) atoms. The Bertz CT molecular complexity index is 355. The Kier molecular flexibility index (Phi) is 4.36. The third kappa shape index (κ3) is 2.73. The van der Waals surface area contributed by atoms with Crippen molar-refractivity contribution in [3.05, 3.63) is 30.1 Å². The second-order valence-corrected chi connectivity index (χ2v) is 5.68. The van der Waals surface area contributed by atoms with Gasteiger partial charge in [-0.1, -0.05) is 26.8 Å². The topological polar surface area (TPSA) is 42.1 Å². The van der Waals surface area contributed by atoms with E-state index < -0.39 is 0 Å². The van der Waals surface area contributed by atoms with E-state index in [0.717, 1.165) is 37.0 Å². The van der Waals surface area contributed by atoms with Crippen LogP contribution in [0.5, 0.6) is 0 Å². The fourth-order valence-electron chi connectivity index (χ4n) is 2.85. The predicted molar refractivity (Wildman–Crippen MR) is 75.1 cm³/mol. The van der Waals surface area contributed by atoms with Gasteiger partial charge in [-0.3, -0.25) is 9.88 Å². The van der Waals surface area contributed by atoms with E-state index >= 15 is 0 Å². The molecule has 0 saturated carbocycles. The Balaban J connectivity index is 2.21. The van der Waals surface area contributed by atoms with Gasteiger partial charge in [-0.25, -0.2) is 0 Å². The van der Waals surface area contributed by atoms with Crippen molar-refractivity contribution in [2.75, 3.05) is 13.1 Å². The number of likely N-dealkylation sites (tertiary alicyclic amines) is 1. The Morgan fingerprint density at radius 3 is 2.50 bits per heavy atom. The van der Waals surface area contributed by atoms with Gasteiger partial charge in [0.05, 0.1) is 11.7 Å². The van der Waals surface area contributed by atoms with Gasteiger partial charge in [-0.05, 0) is 30.4 Å². The van der Waals surface area contributed by atoms with Crippen LogP contribution in [0.2, 0.25) is 0 Å². The van der Waals surface area contributed by atoms with Gasteiger partial charge in [-0.15, -0.1) is 0 Å². The molecule has 2 N–H and O–H groups in total. The Labute approximate surface area is 110 Å². The van der Waals surface area contributed by atoms with Crippen molar-refractivity contribution in [2.24, 2.45) is 17.6 Å². The number of nitrogens with two attached hydrogens (primary N) is 1. The summed E-state index contributed by atoms with van der Waals surface area (Å²) in [6.07, 6.45) is 2.86. The summed E-state index contributed by atoms with van der Waals surface area (Å²) in [5.74, 6) is 1.50. The molecule has 1 fully saturated rings. The first-order chi connectivity index (χ1) is 8.63. The van der Waals surface area contributed by atoms with Crippen LogP contribution in [0.3, 0.4) is 0 Å². The highest BCUT2D eigenvalue weighted by Crippen LogP contribution is 2.32. The predicted octanol–water partition coefficient (Wildman–Crippen LogP) is 2.45. The molecule has 1 aliphatic heterocycles. The molecule has 1 aromatic rings. The van der Waals surface area contributed by atoms with Gasteiger partial charge < -0.3 is 5.73 Å². The van der Waals surface area contributed by atoms with Crippen LogP contribution in [0.25, 0.3) is 0 Å². The average Bonchev–Trinajstić information content (AvgIpc) is 2.70. The molecule has 0 aliphatic carbocycles. The van der Waals surface area contributed by atoms with Crippen molar-refractivity contribution in [1.82, 2.24) is 9.88 Å². The van der Waals surface area contributed by atoms with Gasteiger partial charge >= 0.3 is 0 Å². The molecule has 0 aromatic carbocycles. The third-order valence-electron chi connectivity index (χ3n) is 4.28. The van der Waals surface area contributed by atoms with E-state index in [2.05, 4.69) is 42.8 Å². The summed E-state index contributed by atoms with van der Waals surface area (Å²) in [7, 11) is 0. The maximum atomic E-state index is 6.34. The lowest BCUT2D eigenvalue weighted by atomic mass is 10.0. The van der Waals surface area contributed by atoms with E-state index in [-0.39, 0.29) is 12.1 Å². The van der Waals surface area contributed by atoms with Gasteiger partial charge in [-0.2, -0.15) is 0 Å². The van der Waals surface area contributed by atoms with Crippen LogP contribution in [0.1, 0.15) is 38.9 Å². The van der Waals surface area contributed by atoms with E-state index in [1.165, 1.54) is 0 Å². The standard InChI is InChI=1S/C15H25N3/c1-4-13(16)15(14-7-5-6-8-17-14)18-9-11(2)12(3)10-18/h5-8,11-13,15H,4,9-10,16H2,1-3H3. The number of aromatic nitrogens is 1. The Morgan fingerprint density at radius 1 is 1.33 bits per heavy atom. The van der Waals surface area contributed by atoms with Crippen LogP contribution < -0.4 is 5.73 Å². The van der Waals surface area contributed by atoms with Crippen LogP contribution in [0.4, 0.5) is 0 Å². The first kappa shape index (κ1) is 13.5. The minimum atomic E-state index is 0.164. The largest absolute Gasteiger partial charge is 0.326 e. The molecule has 0 spiro atoms. The molecule has 1 aromatic heterocycles. The van der Waals surface area contributed by atoms with Crippen molar-refractivity contribution >= 4 is 0 Å². The number of rotatable bonds is 4. The first-order valence-electron chi connectivity index (χ1n) is 7.04. The zero-order valence-electron chi connectivity index (χ0n) is 11.7. The van der Waals surface area contributed by atoms with Crippen LogP contribution >= 0.6 is 0 Å². The number of hydrogen-bond acceptors (Lipinski definition) is 3. The summed E-state index contributed by atoms with van der Waals surface area (Å²) in [6.45, 7) is 9.09. The Hall–Kier alpha value is -0.930. The summed E-state index contributed by atoms with van der Waals surface area (Å²) in [5.41, 5.74) is 7.46. The zero-order valence-corrected chi connectivity index (χ0v) is 11.7. The summed E-state index contributed by atoms with van der Waals surface area (Å²) in [4.78, 5) is 7.04. The van der Waals surface area contributed by atoms with Gasteiger partial charge in [0.1, 0.15) is 0 Å². The number of nitrogens with zero attached hydrogens (tertiary/aromatic N) is 2. The molecule has 1 aliphatic rings. The van der Waals surface area contributed by atoms with Gasteiger partial charge in [0, 0.05) is 25.3 Å². The van der Waals surface area contributed by atoms with Crippen molar-refractivity contribution in [1.29, 1.82) is 0 Å². The molecule has 0 radical (unpaired) electrons. The molecule has 4 unspecified atom stereocenters. The maximum Gasteiger partial charge on any atom is 0.0673 e. The molecule has 2 heterocycles. The lowest BCUT2D eigenvalue weighted by Gasteiger charge is -2.31. The second kappa shape index (κ2) is 5.81. The van der Waals surface area contributed by atoms with Crippen LogP contribution in [-0.2, 0) is 0 Å². The summed E-state index contributed by atoms with van der Waals surface area (Å²) < 4.78 is 0. The quantitative estimate of drug-likeness (QED) is 0.888. The first-order valence-corrected chi connectivity index (χ1v) is 7.04. The smallest absolute Gasteiger partial charge is 0.0673 e. The summed E-state index contributed by atoms with van der Waals surface area (Å²) >= 11 is 0.